The molecule has 2 aromatic rings. The number of nitrogens with two attached hydrogens (primary N) is 1. The van der Waals surface area contributed by atoms with Crippen LogP contribution in [0.15, 0.2) is 42.7 Å². The summed E-state index contributed by atoms with van der Waals surface area (Å²) in [7, 11) is 0. The number of aromatic nitrogens is 2. The van der Waals surface area contributed by atoms with Crippen molar-refractivity contribution >= 4 is 23.3 Å². The maximum absolute atomic E-state index is 11.5. The van der Waals surface area contributed by atoms with E-state index in [-0.39, 0.29) is 5.15 Å². The van der Waals surface area contributed by atoms with Crippen LogP contribution < -0.4 is 11.1 Å². The standard InChI is InChI=1S/C12H11ClN4O/c13-9-6-15-7-10(16-9)17-11(12(14)18)8-4-2-1-3-5-8/h1-7,11H,(H2,14,18)(H,16,17)/t11-/m1/s1. The van der Waals surface area contributed by atoms with Gasteiger partial charge < -0.3 is 11.1 Å². The van der Waals surface area contributed by atoms with Crippen LogP contribution in [0.2, 0.25) is 5.15 Å². The lowest BCUT2D eigenvalue weighted by Gasteiger charge is -2.16. The van der Waals surface area contributed by atoms with Gasteiger partial charge in [0.15, 0.2) is 0 Å². The molecule has 0 aliphatic carbocycles. The minimum absolute atomic E-state index is 0.247. The summed E-state index contributed by atoms with van der Waals surface area (Å²) in [5.74, 6) is -0.0990. The van der Waals surface area contributed by atoms with Gasteiger partial charge in [0.05, 0.1) is 12.4 Å². The van der Waals surface area contributed by atoms with Crippen LogP contribution >= 0.6 is 11.6 Å². The summed E-state index contributed by atoms with van der Waals surface area (Å²) in [6.07, 6.45) is 2.89. The van der Waals surface area contributed by atoms with Crippen molar-refractivity contribution in [3.63, 3.8) is 0 Å². The quantitative estimate of drug-likeness (QED) is 0.880. The fraction of sp³-hybridized carbons (Fsp3) is 0.0833. The van der Waals surface area contributed by atoms with Gasteiger partial charge in [-0.15, -0.1) is 0 Å². The molecule has 1 aromatic carbocycles. The zero-order chi connectivity index (χ0) is 13.0. The molecule has 2 rings (SSSR count). The molecule has 6 heteroatoms. The second kappa shape index (κ2) is 5.46. The van der Waals surface area contributed by atoms with Crippen molar-refractivity contribution in [3.8, 4) is 0 Å². The summed E-state index contributed by atoms with van der Waals surface area (Å²) in [6, 6.07) is 8.47. The van der Waals surface area contributed by atoms with Crippen LogP contribution in [0.25, 0.3) is 0 Å². The molecule has 0 aliphatic rings. The molecule has 1 amide bonds. The Bertz CT molecular complexity index is 547. The average Bonchev–Trinajstić information content (AvgIpc) is 2.37. The molecule has 0 bridgehead atoms. The Morgan fingerprint density at radius 1 is 1.28 bits per heavy atom. The first-order valence-corrected chi connectivity index (χ1v) is 5.63. The number of rotatable bonds is 4. The Hall–Kier alpha value is -2.14. The first-order valence-electron chi connectivity index (χ1n) is 5.25. The summed E-state index contributed by atoms with van der Waals surface area (Å²) in [6.45, 7) is 0. The molecule has 1 atom stereocenters. The Balaban J connectivity index is 2.25. The highest BCUT2D eigenvalue weighted by molar-refractivity contribution is 6.29. The zero-order valence-corrected chi connectivity index (χ0v) is 10.1. The predicted octanol–water partition coefficient (Wildman–Crippen LogP) is 1.77. The number of anilines is 1. The predicted molar refractivity (Wildman–Crippen MR) is 69.0 cm³/mol. The third kappa shape index (κ3) is 2.95. The molecule has 0 spiro atoms. The minimum Gasteiger partial charge on any atom is -0.368 e. The third-order valence-electron chi connectivity index (χ3n) is 2.31. The number of nitrogens with one attached hydrogen (secondary N) is 1. The van der Waals surface area contributed by atoms with Crippen LogP contribution in [0, 0.1) is 0 Å². The summed E-state index contributed by atoms with van der Waals surface area (Å²) in [5.41, 5.74) is 6.13. The molecule has 92 valence electrons. The number of halogens is 1. The Kier molecular flexibility index (Phi) is 3.74. The van der Waals surface area contributed by atoms with E-state index in [4.69, 9.17) is 17.3 Å². The molecule has 0 saturated heterocycles. The maximum atomic E-state index is 11.5. The summed E-state index contributed by atoms with van der Waals surface area (Å²) in [5, 5.41) is 3.15. The van der Waals surface area contributed by atoms with Crippen molar-refractivity contribution in [3.05, 3.63) is 53.4 Å². The van der Waals surface area contributed by atoms with Crippen LogP contribution in [0.3, 0.4) is 0 Å². The topological polar surface area (TPSA) is 80.9 Å². The molecular weight excluding hydrogens is 252 g/mol. The number of hydrogen-bond donors (Lipinski definition) is 2. The molecule has 3 N–H and O–H groups in total. The monoisotopic (exact) mass is 262 g/mol. The van der Waals surface area contributed by atoms with Crippen LogP contribution in [0.5, 0.6) is 0 Å². The van der Waals surface area contributed by atoms with Gasteiger partial charge in [-0.1, -0.05) is 41.9 Å². The van der Waals surface area contributed by atoms with E-state index in [0.717, 1.165) is 5.56 Å². The summed E-state index contributed by atoms with van der Waals surface area (Å²) in [4.78, 5) is 19.4. The van der Waals surface area contributed by atoms with Gasteiger partial charge in [-0.25, -0.2) is 4.98 Å². The van der Waals surface area contributed by atoms with Gasteiger partial charge in [0.1, 0.15) is 17.0 Å². The van der Waals surface area contributed by atoms with E-state index in [0.29, 0.717) is 5.82 Å². The van der Waals surface area contributed by atoms with Gasteiger partial charge in [-0.05, 0) is 5.56 Å². The molecular formula is C12H11ClN4O. The molecule has 1 heterocycles. The Labute approximate surface area is 109 Å². The van der Waals surface area contributed by atoms with E-state index in [1.807, 2.05) is 18.2 Å². The van der Waals surface area contributed by atoms with E-state index >= 15 is 0 Å². The molecule has 5 nitrogen and oxygen atoms in total. The van der Waals surface area contributed by atoms with Crippen molar-refractivity contribution in [2.45, 2.75) is 6.04 Å². The number of carbonyl (C=O) groups excluding carboxylic acids is 1. The van der Waals surface area contributed by atoms with Gasteiger partial charge >= 0.3 is 0 Å². The summed E-state index contributed by atoms with van der Waals surface area (Å²) < 4.78 is 0. The van der Waals surface area contributed by atoms with Gasteiger partial charge in [0.25, 0.3) is 0 Å². The average molecular weight is 263 g/mol. The van der Waals surface area contributed by atoms with Gasteiger partial charge in [-0.3, -0.25) is 9.78 Å². The summed E-state index contributed by atoms with van der Waals surface area (Å²) >= 11 is 5.72. The fourth-order valence-electron chi connectivity index (χ4n) is 1.52. The highest BCUT2D eigenvalue weighted by atomic mass is 35.5. The Morgan fingerprint density at radius 3 is 2.61 bits per heavy atom. The molecule has 0 saturated carbocycles. The number of amides is 1. The molecule has 0 aliphatic heterocycles. The van der Waals surface area contributed by atoms with Crippen molar-refractivity contribution in [2.24, 2.45) is 5.73 Å². The lowest BCUT2D eigenvalue weighted by Crippen LogP contribution is -2.28. The second-order valence-electron chi connectivity index (χ2n) is 3.62. The molecule has 0 unspecified atom stereocenters. The van der Waals surface area contributed by atoms with Crippen molar-refractivity contribution < 1.29 is 4.79 Å². The molecule has 0 fully saturated rings. The zero-order valence-electron chi connectivity index (χ0n) is 9.38. The SMILES string of the molecule is NC(=O)[C@H](Nc1cncc(Cl)n1)c1ccccc1. The van der Waals surface area contributed by atoms with Gasteiger partial charge in [-0.2, -0.15) is 0 Å². The number of hydrogen-bond acceptors (Lipinski definition) is 4. The van der Waals surface area contributed by atoms with Gasteiger partial charge in [0.2, 0.25) is 5.91 Å². The van der Waals surface area contributed by atoms with Crippen molar-refractivity contribution in [1.29, 1.82) is 0 Å². The number of benzene rings is 1. The smallest absolute Gasteiger partial charge is 0.244 e. The van der Waals surface area contributed by atoms with E-state index in [9.17, 15) is 4.79 Å². The lowest BCUT2D eigenvalue weighted by molar-refractivity contribution is -0.118. The maximum Gasteiger partial charge on any atom is 0.244 e. The number of primary amides is 1. The molecule has 18 heavy (non-hydrogen) atoms. The minimum atomic E-state index is -0.668. The Morgan fingerprint density at radius 2 is 2.00 bits per heavy atom. The van der Waals surface area contributed by atoms with Crippen LogP contribution in [0.4, 0.5) is 5.82 Å². The van der Waals surface area contributed by atoms with Crippen LogP contribution in [0.1, 0.15) is 11.6 Å². The van der Waals surface area contributed by atoms with E-state index in [2.05, 4.69) is 15.3 Å². The van der Waals surface area contributed by atoms with Crippen LogP contribution in [-0.2, 0) is 4.79 Å². The third-order valence-corrected chi connectivity index (χ3v) is 2.50. The number of nitrogens with zero attached hydrogens (tertiary/aromatic N) is 2. The van der Waals surface area contributed by atoms with E-state index < -0.39 is 11.9 Å². The fourth-order valence-corrected chi connectivity index (χ4v) is 1.67. The van der Waals surface area contributed by atoms with E-state index in [1.165, 1.54) is 12.4 Å². The highest BCUT2D eigenvalue weighted by Gasteiger charge is 2.17. The first-order chi connectivity index (χ1) is 8.66. The molecule has 1 aromatic heterocycles. The molecule has 0 radical (unpaired) electrons. The van der Waals surface area contributed by atoms with Crippen molar-refractivity contribution in [1.82, 2.24) is 9.97 Å². The number of carbonyl (C=O) groups is 1. The van der Waals surface area contributed by atoms with Crippen LogP contribution in [-0.4, -0.2) is 15.9 Å². The highest BCUT2D eigenvalue weighted by Crippen LogP contribution is 2.18. The second-order valence-corrected chi connectivity index (χ2v) is 4.00. The van der Waals surface area contributed by atoms with E-state index in [1.54, 1.807) is 12.1 Å². The first kappa shape index (κ1) is 12.3. The largest absolute Gasteiger partial charge is 0.368 e. The lowest BCUT2D eigenvalue weighted by atomic mass is 10.1. The van der Waals surface area contributed by atoms with Gasteiger partial charge in [0, 0.05) is 0 Å². The van der Waals surface area contributed by atoms with Crippen molar-refractivity contribution in [2.75, 3.05) is 5.32 Å². The normalized spacial score (nSPS) is 11.8.